The second-order valence-electron chi connectivity index (χ2n) is 5.32. The van der Waals surface area contributed by atoms with E-state index in [4.69, 9.17) is 11.6 Å². The first-order valence-electron chi connectivity index (χ1n) is 7.21. The molecule has 5 nitrogen and oxygen atoms in total. The number of hydrogen-bond donors (Lipinski definition) is 0. The van der Waals surface area contributed by atoms with E-state index in [1.165, 1.54) is 0 Å². The summed E-state index contributed by atoms with van der Waals surface area (Å²) >= 11 is 6.00. The van der Waals surface area contributed by atoms with Gasteiger partial charge in [-0.15, -0.1) is 0 Å². The summed E-state index contributed by atoms with van der Waals surface area (Å²) in [4.78, 5) is 31.9. The molecule has 0 atom stereocenters. The minimum Gasteiger partial charge on any atom is -0.344 e. The van der Waals surface area contributed by atoms with Crippen LogP contribution in [0.25, 0.3) is 0 Å². The summed E-state index contributed by atoms with van der Waals surface area (Å²) in [5.41, 5.74) is 1.32. The minimum atomic E-state index is -0.152. The van der Waals surface area contributed by atoms with Gasteiger partial charge >= 0.3 is 0 Å². The van der Waals surface area contributed by atoms with Crippen molar-refractivity contribution in [1.29, 1.82) is 0 Å². The second kappa shape index (κ2) is 6.89. The fraction of sp³-hybridized carbons (Fsp3) is 0.533. The summed E-state index contributed by atoms with van der Waals surface area (Å²) in [5.74, 6) is -0.185. The van der Waals surface area contributed by atoms with Gasteiger partial charge in [0.2, 0.25) is 5.91 Å². The van der Waals surface area contributed by atoms with Crippen molar-refractivity contribution in [2.45, 2.75) is 26.2 Å². The lowest BCUT2D eigenvalue weighted by Gasteiger charge is -2.20. The highest BCUT2D eigenvalue weighted by Crippen LogP contribution is 2.15. The van der Waals surface area contributed by atoms with E-state index in [-0.39, 0.29) is 18.4 Å². The maximum absolute atomic E-state index is 12.6. The van der Waals surface area contributed by atoms with Crippen molar-refractivity contribution in [3.63, 3.8) is 0 Å². The van der Waals surface area contributed by atoms with Crippen molar-refractivity contribution in [2.75, 3.05) is 26.7 Å². The summed E-state index contributed by atoms with van der Waals surface area (Å²) in [6, 6.07) is 3.35. The van der Waals surface area contributed by atoms with Crippen LogP contribution in [0.1, 0.15) is 35.8 Å². The first-order chi connectivity index (χ1) is 10.0. The summed E-state index contributed by atoms with van der Waals surface area (Å²) in [6.45, 7) is 3.44. The molecule has 114 valence electrons. The van der Waals surface area contributed by atoms with Crippen LogP contribution < -0.4 is 0 Å². The molecule has 0 saturated carbocycles. The average Bonchev–Trinajstić information content (AvgIpc) is 2.60. The highest BCUT2D eigenvalue weighted by Gasteiger charge is 2.24. The Hall–Kier alpha value is -1.62. The lowest BCUT2D eigenvalue weighted by atomic mass is 10.1. The normalized spacial score (nSPS) is 16.0. The monoisotopic (exact) mass is 309 g/mol. The molecule has 0 unspecified atom stereocenters. The van der Waals surface area contributed by atoms with Gasteiger partial charge in [-0.3, -0.25) is 9.59 Å². The van der Waals surface area contributed by atoms with Crippen molar-refractivity contribution < 1.29 is 9.59 Å². The predicted octanol–water partition coefficient (Wildman–Crippen LogP) is 1.99. The molecule has 21 heavy (non-hydrogen) atoms. The van der Waals surface area contributed by atoms with Gasteiger partial charge in [0.05, 0.1) is 0 Å². The van der Waals surface area contributed by atoms with Crippen LogP contribution >= 0.6 is 11.6 Å². The molecule has 0 aliphatic carbocycles. The first-order valence-corrected chi connectivity index (χ1v) is 7.58. The van der Waals surface area contributed by atoms with Gasteiger partial charge in [0.25, 0.3) is 5.91 Å². The van der Waals surface area contributed by atoms with Gasteiger partial charge in [-0.2, -0.15) is 0 Å². The Morgan fingerprint density at radius 1 is 1.38 bits per heavy atom. The number of pyridine rings is 1. The van der Waals surface area contributed by atoms with Crippen LogP contribution in [0.5, 0.6) is 0 Å². The molecule has 0 bridgehead atoms. The number of hydrogen-bond acceptors (Lipinski definition) is 3. The number of likely N-dealkylation sites (N-methyl/N-ethyl adjacent to an activating group) is 1. The number of carbonyl (C=O) groups excluding carboxylic acids is 2. The molecule has 1 saturated heterocycles. The van der Waals surface area contributed by atoms with Crippen LogP contribution in [0.4, 0.5) is 0 Å². The van der Waals surface area contributed by atoms with Gasteiger partial charge in [0, 0.05) is 31.4 Å². The molecule has 2 amide bonds. The molecule has 0 spiro atoms. The first kappa shape index (κ1) is 15.8. The largest absolute Gasteiger partial charge is 0.344 e. The molecule has 0 N–H and O–H groups in total. The minimum absolute atomic E-state index is 0.0326. The van der Waals surface area contributed by atoms with Crippen LogP contribution in [0.3, 0.4) is 0 Å². The van der Waals surface area contributed by atoms with Crippen LogP contribution in [0.2, 0.25) is 5.15 Å². The molecule has 1 aromatic rings. The highest BCUT2D eigenvalue weighted by atomic mass is 35.5. The standard InChI is InChI=1S/C15H20ClN3O2/c1-3-5-12-8-11(9-13(16)17-12)15(21)19-7-4-6-18(2)14(20)10-19/h8-9H,3-7,10H2,1-2H3. The zero-order valence-corrected chi connectivity index (χ0v) is 13.2. The van der Waals surface area contributed by atoms with Crippen LogP contribution in [0, 0.1) is 0 Å². The Morgan fingerprint density at radius 2 is 2.14 bits per heavy atom. The number of halogens is 1. The van der Waals surface area contributed by atoms with E-state index in [1.54, 1.807) is 29.0 Å². The third-order valence-electron chi connectivity index (χ3n) is 3.56. The molecule has 6 heteroatoms. The van der Waals surface area contributed by atoms with E-state index in [9.17, 15) is 9.59 Å². The number of nitrogens with zero attached hydrogens (tertiary/aromatic N) is 3. The molecule has 2 rings (SSSR count). The smallest absolute Gasteiger partial charge is 0.254 e. The van der Waals surface area contributed by atoms with Gasteiger partial charge in [-0.05, 0) is 25.0 Å². The van der Waals surface area contributed by atoms with Crippen molar-refractivity contribution in [2.24, 2.45) is 0 Å². The van der Waals surface area contributed by atoms with E-state index in [2.05, 4.69) is 4.98 Å². The predicted molar refractivity (Wildman–Crippen MR) is 81.4 cm³/mol. The van der Waals surface area contributed by atoms with Crippen LogP contribution in [0.15, 0.2) is 12.1 Å². The second-order valence-corrected chi connectivity index (χ2v) is 5.70. The van der Waals surface area contributed by atoms with Crippen molar-refractivity contribution in [3.05, 3.63) is 28.5 Å². The van der Waals surface area contributed by atoms with Crippen LogP contribution in [-0.2, 0) is 11.2 Å². The summed E-state index contributed by atoms with van der Waals surface area (Å²) in [6.07, 6.45) is 2.51. The molecule has 1 aromatic heterocycles. The van der Waals surface area contributed by atoms with Gasteiger partial charge in [0.15, 0.2) is 0 Å². The molecular weight excluding hydrogens is 290 g/mol. The number of aryl methyl sites for hydroxylation is 1. The lowest BCUT2D eigenvalue weighted by Crippen LogP contribution is -2.38. The lowest BCUT2D eigenvalue weighted by molar-refractivity contribution is -0.129. The van der Waals surface area contributed by atoms with E-state index in [1.807, 2.05) is 6.92 Å². The van der Waals surface area contributed by atoms with Crippen molar-refractivity contribution in [1.82, 2.24) is 14.8 Å². The maximum Gasteiger partial charge on any atom is 0.254 e. The van der Waals surface area contributed by atoms with Crippen molar-refractivity contribution in [3.8, 4) is 0 Å². The molecular formula is C15H20ClN3O2. The Labute approximate surface area is 129 Å². The zero-order valence-electron chi connectivity index (χ0n) is 12.4. The highest BCUT2D eigenvalue weighted by molar-refractivity contribution is 6.29. The summed E-state index contributed by atoms with van der Waals surface area (Å²) in [7, 11) is 1.76. The van der Waals surface area contributed by atoms with Gasteiger partial charge < -0.3 is 9.80 Å². The number of amides is 2. The Balaban J connectivity index is 2.20. The SMILES string of the molecule is CCCc1cc(C(=O)N2CCCN(C)C(=O)C2)cc(Cl)n1. The maximum atomic E-state index is 12.6. The molecule has 1 fully saturated rings. The van der Waals surface area contributed by atoms with E-state index in [0.717, 1.165) is 25.0 Å². The average molecular weight is 310 g/mol. The Kier molecular flexibility index (Phi) is 5.17. The third-order valence-corrected chi connectivity index (χ3v) is 3.75. The quantitative estimate of drug-likeness (QED) is 0.802. The fourth-order valence-corrected chi connectivity index (χ4v) is 2.63. The number of carbonyl (C=O) groups is 2. The molecule has 2 heterocycles. The Bertz CT molecular complexity index is 548. The summed E-state index contributed by atoms with van der Waals surface area (Å²) in [5, 5.41) is 0.322. The molecule has 1 aliphatic heterocycles. The zero-order chi connectivity index (χ0) is 15.4. The van der Waals surface area contributed by atoms with E-state index < -0.39 is 0 Å². The molecule has 0 radical (unpaired) electrons. The van der Waals surface area contributed by atoms with Gasteiger partial charge in [0.1, 0.15) is 11.7 Å². The Morgan fingerprint density at radius 3 is 2.86 bits per heavy atom. The van der Waals surface area contributed by atoms with Crippen molar-refractivity contribution >= 4 is 23.4 Å². The van der Waals surface area contributed by atoms with Gasteiger partial charge in [-0.25, -0.2) is 4.98 Å². The molecule has 1 aliphatic rings. The molecule has 0 aromatic carbocycles. The number of aromatic nitrogens is 1. The van der Waals surface area contributed by atoms with Gasteiger partial charge in [-0.1, -0.05) is 24.9 Å². The topological polar surface area (TPSA) is 53.5 Å². The third kappa shape index (κ3) is 3.94. The number of rotatable bonds is 3. The van der Waals surface area contributed by atoms with Crippen LogP contribution in [-0.4, -0.2) is 53.3 Å². The summed E-state index contributed by atoms with van der Waals surface area (Å²) < 4.78 is 0. The fourth-order valence-electron chi connectivity index (χ4n) is 2.40. The van der Waals surface area contributed by atoms with E-state index in [0.29, 0.717) is 23.8 Å². The van der Waals surface area contributed by atoms with E-state index >= 15 is 0 Å².